The van der Waals surface area contributed by atoms with E-state index in [1.165, 1.54) is 12.1 Å². The average molecular weight is 409 g/mol. The summed E-state index contributed by atoms with van der Waals surface area (Å²) in [7, 11) is -3.72. The van der Waals surface area contributed by atoms with Gasteiger partial charge in [0, 0.05) is 23.8 Å². The van der Waals surface area contributed by atoms with Crippen LogP contribution in [0.5, 0.6) is 0 Å². The van der Waals surface area contributed by atoms with E-state index in [-0.39, 0.29) is 16.8 Å². The summed E-state index contributed by atoms with van der Waals surface area (Å²) in [6, 6.07) is 24.5. The molecule has 0 radical (unpaired) electrons. The molecule has 0 atom stereocenters. The first kappa shape index (κ1) is 20.6. The normalized spacial score (nSPS) is 11.3. The van der Waals surface area contributed by atoms with E-state index in [4.69, 9.17) is 0 Å². The lowest BCUT2D eigenvalue weighted by Crippen LogP contribution is -2.36. The largest absolute Gasteiger partial charge is 0.332 e. The third kappa shape index (κ3) is 5.23. The number of nitrogens with zero attached hydrogens (tertiary/aromatic N) is 1. The molecule has 1 N–H and O–H groups in total. The minimum absolute atomic E-state index is 0.00706. The van der Waals surface area contributed by atoms with E-state index >= 15 is 0 Å². The Morgan fingerprint density at radius 1 is 0.897 bits per heavy atom. The van der Waals surface area contributed by atoms with Crippen molar-refractivity contribution in [1.29, 1.82) is 0 Å². The van der Waals surface area contributed by atoms with Crippen LogP contribution in [0.3, 0.4) is 0 Å². The van der Waals surface area contributed by atoms with Crippen molar-refractivity contribution < 1.29 is 13.2 Å². The highest BCUT2D eigenvalue weighted by atomic mass is 32.2. The van der Waals surface area contributed by atoms with Crippen LogP contribution in [-0.4, -0.2) is 25.3 Å². The maximum Gasteiger partial charge on any atom is 0.261 e. The van der Waals surface area contributed by atoms with E-state index in [9.17, 15) is 13.2 Å². The van der Waals surface area contributed by atoms with Crippen molar-refractivity contribution in [2.75, 3.05) is 4.72 Å². The summed E-state index contributed by atoms with van der Waals surface area (Å²) in [4.78, 5) is 15.1. The molecule has 6 heteroatoms. The van der Waals surface area contributed by atoms with E-state index in [0.717, 1.165) is 5.56 Å². The maximum atomic E-state index is 13.1. The summed E-state index contributed by atoms with van der Waals surface area (Å²) in [5.74, 6) is -0.149. The molecule has 0 fully saturated rings. The molecule has 5 nitrogen and oxygen atoms in total. The summed E-state index contributed by atoms with van der Waals surface area (Å²) >= 11 is 0. The van der Waals surface area contributed by atoms with Gasteiger partial charge in [-0.2, -0.15) is 0 Å². The molecule has 1 amide bonds. The Morgan fingerprint density at radius 3 is 2.14 bits per heavy atom. The number of nitrogens with one attached hydrogen (secondary N) is 1. The van der Waals surface area contributed by atoms with Crippen LogP contribution in [0.25, 0.3) is 0 Å². The van der Waals surface area contributed by atoms with Gasteiger partial charge in [0.1, 0.15) is 0 Å². The predicted octanol–water partition coefficient (Wildman–Crippen LogP) is 4.54. The number of carbonyl (C=O) groups excluding carboxylic acids is 1. The van der Waals surface area contributed by atoms with Gasteiger partial charge in [-0.05, 0) is 49.7 Å². The second-order valence-electron chi connectivity index (χ2n) is 7.01. The van der Waals surface area contributed by atoms with E-state index in [0.29, 0.717) is 17.8 Å². The molecule has 150 valence electrons. The Balaban J connectivity index is 1.83. The molecule has 0 saturated heterocycles. The molecule has 0 unspecified atom stereocenters. The first-order valence-corrected chi connectivity index (χ1v) is 10.9. The molecule has 0 heterocycles. The molecule has 0 aliphatic carbocycles. The molecule has 0 aliphatic rings. The van der Waals surface area contributed by atoms with Crippen molar-refractivity contribution in [2.24, 2.45) is 0 Å². The molecule has 0 saturated carbocycles. The van der Waals surface area contributed by atoms with Gasteiger partial charge in [-0.3, -0.25) is 9.52 Å². The van der Waals surface area contributed by atoms with Gasteiger partial charge >= 0.3 is 0 Å². The molecule has 0 aliphatic heterocycles. The average Bonchev–Trinajstić information content (AvgIpc) is 2.72. The Labute approximate surface area is 172 Å². The fourth-order valence-corrected chi connectivity index (χ4v) is 4.03. The fourth-order valence-electron chi connectivity index (χ4n) is 2.96. The number of hydrogen-bond donors (Lipinski definition) is 1. The first-order valence-electron chi connectivity index (χ1n) is 9.39. The van der Waals surface area contributed by atoms with Crippen molar-refractivity contribution in [3.05, 3.63) is 96.1 Å². The molecule has 0 bridgehead atoms. The quantitative estimate of drug-likeness (QED) is 0.624. The molecule has 3 aromatic carbocycles. The molecule has 0 spiro atoms. The smallest absolute Gasteiger partial charge is 0.261 e. The van der Waals surface area contributed by atoms with Crippen LogP contribution in [0.15, 0.2) is 89.8 Å². The topological polar surface area (TPSA) is 66.5 Å². The van der Waals surface area contributed by atoms with E-state index in [2.05, 4.69) is 4.72 Å². The minimum atomic E-state index is -3.72. The predicted molar refractivity (Wildman–Crippen MR) is 115 cm³/mol. The van der Waals surface area contributed by atoms with Crippen LogP contribution in [0, 0.1) is 0 Å². The van der Waals surface area contributed by atoms with Gasteiger partial charge in [0.25, 0.3) is 15.9 Å². The van der Waals surface area contributed by atoms with E-state index in [1.54, 1.807) is 47.4 Å². The third-order valence-electron chi connectivity index (χ3n) is 4.50. The number of hydrogen-bond acceptors (Lipinski definition) is 3. The Bertz CT molecular complexity index is 1070. The molecule has 29 heavy (non-hydrogen) atoms. The highest BCUT2D eigenvalue weighted by molar-refractivity contribution is 7.92. The Kier molecular flexibility index (Phi) is 6.34. The molecule has 3 rings (SSSR count). The fraction of sp³-hybridized carbons (Fsp3) is 0.174. The maximum absolute atomic E-state index is 13.1. The van der Waals surface area contributed by atoms with Crippen molar-refractivity contribution in [3.8, 4) is 0 Å². The lowest BCUT2D eigenvalue weighted by Gasteiger charge is -2.27. The zero-order chi connectivity index (χ0) is 20.9. The standard InChI is InChI=1S/C23H24N2O3S/c1-18(2)25(17-19-10-5-3-6-11-19)23(26)20-12-9-13-21(16-20)24-29(27,28)22-14-7-4-8-15-22/h3-16,18,24H,17H2,1-2H3. The summed E-state index contributed by atoms with van der Waals surface area (Å²) in [6.07, 6.45) is 0. The van der Waals surface area contributed by atoms with Crippen LogP contribution < -0.4 is 4.72 Å². The molecule has 0 aromatic heterocycles. The van der Waals surface area contributed by atoms with Gasteiger partial charge in [-0.15, -0.1) is 0 Å². The van der Waals surface area contributed by atoms with Gasteiger partial charge in [0.15, 0.2) is 0 Å². The van der Waals surface area contributed by atoms with Crippen LogP contribution in [0.4, 0.5) is 5.69 Å². The van der Waals surface area contributed by atoms with E-state index < -0.39 is 10.0 Å². The van der Waals surface area contributed by atoms with Crippen molar-refractivity contribution in [2.45, 2.75) is 31.3 Å². The zero-order valence-corrected chi connectivity index (χ0v) is 17.3. The van der Waals surface area contributed by atoms with Gasteiger partial charge in [-0.1, -0.05) is 54.6 Å². The number of sulfonamides is 1. The molecular formula is C23H24N2O3S. The molecule has 3 aromatic rings. The second-order valence-corrected chi connectivity index (χ2v) is 8.69. The lowest BCUT2D eigenvalue weighted by molar-refractivity contribution is 0.0690. The number of anilines is 1. The number of benzene rings is 3. The SMILES string of the molecule is CC(C)N(Cc1ccccc1)C(=O)c1cccc(NS(=O)(=O)c2ccccc2)c1. The van der Waals surface area contributed by atoms with Crippen LogP contribution >= 0.6 is 0 Å². The second kappa shape index (κ2) is 8.92. The van der Waals surface area contributed by atoms with Crippen LogP contribution in [0.2, 0.25) is 0 Å². The van der Waals surface area contributed by atoms with Crippen molar-refractivity contribution in [1.82, 2.24) is 4.90 Å². The number of rotatable bonds is 7. The van der Waals surface area contributed by atoms with E-state index in [1.807, 2.05) is 44.2 Å². The third-order valence-corrected chi connectivity index (χ3v) is 5.89. The Morgan fingerprint density at radius 2 is 1.52 bits per heavy atom. The molecular weight excluding hydrogens is 384 g/mol. The van der Waals surface area contributed by atoms with Gasteiger partial charge in [-0.25, -0.2) is 8.42 Å². The summed E-state index contributed by atoms with van der Waals surface area (Å²) in [5, 5.41) is 0. The summed E-state index contributed by atoms with van der Waals surface area (Å²) in [6.45, 7) is 4.41. The van der Waals surface area contributed by atoms with Crippen molar-refractivity contribution in [3.63, 3.8) is 0 Å². The number of amides is 1. The minimum Gasteiger partial charge on any atom is -0.332 e. The van der Waals surface area contributed by atoms with Gasteiger partial charge < -0.3 is 4.90 Å². The highest BCUT2D eigenvalue weighted by Crippen LogP contribution is 2.19. The van der Waals surface area contributed by atoms with Gasteiger partial charge in [0.05, 0.1) is 4.90 Å². The first-order chi connectivity index (χ1) is 13.9. The van der Waals surface area contributed by atoms with Crippen molar-refractivity contribution >= 4 is 21.6 Å². The monoisotopic (exact) mass is 408 g/mol. The van der Waals surface area contributed by atoms with Crippen LogP contribution in [0.1, 0.15) is 29.8 Å². The number of carbonyl (C=O) groups is 1. The zero-order valence-electron chi connectivity index (χ0n) is 16.4. The Hall–Kier alpha value is -3.12. The lowest BCUT2D eigenvalue weighted by atomic mass is 10.1. The highest BCUT2D eigenvalue weighted by Gasteiger charge is 2.20. The van der Waals surface area contributed by atoms with Gasteiger partial charge in [0.2, 0.25) is 0 Å². The van der Waals surface area contributed by atoms with Crippen LogP contribution in [-0.2, 0) is 16.6 Å². The summed E-state index contributed by atoms with van der Waals surface area (Å²) < 4.78 is 27.7. The summed E-state index contributed by atoms with van der Waals surface area (Å²) in [5.41, 5.74) is 1.82.